The number of benzene rings is 1. The second-order valence-corrected chi connectivity index (χ2v) is 9.16. The fourth-order valence-corrected chi connectivity index (χ4v) is 5.33. The minimum atomic E-state index is 0.105. The summed E-state index contributed by atoms with van der Waals surface area (Å²) in [7, 11) is 0. The summed E-state index contributed by atoms with van der Waals surface area (Å²) in [6.07, 6.45) is 3.37. The average molecular weight is 374 g/mol. The molecular weight excluding hydrogens is 350 g/mol. The van der Waals surface area contributed by atoms with E-state index in [0.717, 1.165) is 43.2 Å². The molecule has 0 N–H and O–H groups in total. The Balaban J connectivity index is 1.55. The quantitative estimate of drug-likeness (QED) is 0.788. The van der Waals surface area contributed by atoms with Gasteiger partial charge in [0, 0.05) is 35.0 Å². The van der Waals surface area contributed by atoms with Crippen LogP contribution in [0.4, 0.5) is 10.8 Å². The predicted molar refractivity (Wildman–Crippen MR) is 106 cm³/mol. The maximum atomic E-state index is 11.9. The van der Waals surface area contributed by atoms with Gasteiger partial charge < -0.3 is 4.90 Å². The Morgan fingerprint density at radius 3 is 2.88 bits per heavy atom. The number of thiazole rings is 1. The Hall–Kier alpha value is -1.53. The Bertz CT molecular complexity index is 772. The zero-order chi connectivity index (χ0) is 17.4. The molecule has 4 nitrogen and oxygen atoms in total. The van der Waals surface area contributed by atoms with E-state index in [4.69, 9.17) is 4.98 Å². The van der Waals surface area contributed by atoms with Gasteiger partial charge in [0.05, 0.1) is 17.9 Å². The van der Waals surface area contributed by atoms with Gasteiger partial charge in [-0.2, -0.15) is 0 Å². The summed E-state index contributed by atoms with van der Waals surface area (Å²) in [5.74, 6) is 0.105. The highest BCUT2D eigenvalue weighted by Gasteiger charge is 2.33. The highest BCUT2D eigenvalue weighted by Crippen LogP contribution is 2.38. The van der Waals surface area contributed by atoms with Gasteiger partial charge in [-0.05, 0) is 31.4 Å². The van der Waals surface area contributed by atoms with Crippen molar-refractivity contribution >= 4 is 39.8 Å². The van der Waals surface area contributed by atoms with Crippen LogP contribution in [0.25, 0.3) is 0 Å². The summed E-state index contributed by atoms with van der Waals surface area (Å²) in [6.45, 7) is 5.78. The number of carbonyl (C=O) groups excluding carboxylic acids is 1. The van der Waals surface area contributed by atoms with Crippen molar-refractivity contribution in [1.29, 1.82) is 0 Å². The first-order valence-corrected chi connectivity index (χ1v) is 10.6. The zero-order valence-corrected chi connectivity index (χ0v) is 16.3. The van der Waals surface area contributed by atoms with Crippen LogP contribution in [-0.4, -0.2) is 28.7 Å². The normalized spacial score (nSPS) is 20.1. The van der Waals surface area contributed by atoms with Crippen LogP contribution in [0, 0.1) is 0 Å². The maximum absolute atomic E-state index is 11.9. The molecule has 0 saturated heterocycles. The molecule has 1 unspecified atom stereocenters. The molecule has 1 aromatic heterocycles. The molecule has 0 radical (unpaired) electrons. The smallest absolute Gasteiger partial charge is 0.225 e. The third-order valence-corrected chi connectivity index (χ3v) is 6.82. The molecule has 0 bridgehead atoms. The molecule has 1 amide bonds. The molecule has 1 aromatic carbocycles. The second-order valence-electron chi connectivity index (χ2n) is 6.85. The van der Waals surface area contributed by atoms with E-state index in [1.807, 2.05) is 16.7 Å². The maximum Gasteiger partial charge on any atom is 0.225 e. The largest absolute Gasteiger partial charge is 0.365 e. The number of rotatable bonds is 4. The van der Waals surface area contributed by atoms with E-state index in [0.29, 0.717) is 11.3 Å². The van der Waals surface area contributed by atoms with Crippen LogP contribution in [0.1, 0.15) is 38.8 Å². The lowest BCUT2D eigenvalue weighted by atomic mass is 10.2. The van der Waals surface area contributed by atoms with E-state index in [1.54, 1.807) is 18.3 Å². The number of amides is 1. The number of nitrogens with zero attached hydrogens (tertiary/aromatic N) is 3. The molecule has 4 rings (SSSR count). The van der Waals surface area contributed by atoms with Gasteiger partial charge in [-0.25, -0.2) is 4.98 Å². The van der Waals surface area contributed by atoms with Gasteiger partial charge in [0.15, 0.2) is 5.13 Å². The molecule has 1 atom stereocenters. The van der Waals surface area contributed by atoms with Crippen LogP contribution in [0.2, 0.25) is 0 Å². The van der Waals surface area contributed by atoms with Crippen molar-refractivity contribution in [1.82, 2.24) is 4.98 Å². The molecule has 1 saturated carbocycles. The predicted octanol–water partition coefficient (Wildman–Crippen LogP) is 4.55. The molecule has 25 heavy (non-hydrogen) atoms. The van der Waals surface area contributed by atoms with Crippen molar-refractivity contribution in [3.63, 3.8) is 0 Å². The summed E-state index contributed by atoms with van der Waals surface area (Å²) in [4.78, 5) is 22.4. The van der Waals surface area contributed by atoms with Crippen molar-refractivity contribution in [3.05, 3.63) is 35.3 Å². The summed E-state index contributed by atoms with van der Waals surface area (Å²) in [5, 5.41) is 3.59. The fourth-order valence-electron chi connectivity index (χ4n) is 3.27. The standard InChI is InChI=1S/C19H23N3OS2/c1-13-9-10-21(17-5-3-4-6-18(17)25-13)11-15-12-24-19(20-15)22(14(2)23)16-7-8-16/h3-6,12-13,16H,7-11H2,1-2H3. The first-order valence-electron chi connectivity index (χ1n) is 8.86. The molecular formula is C19H23N3OS2. The van der Waals surface area contributed by atoms with Crippen molar-refractivity contribution < 1.29 is 4.79 Å². The minimum Gasteiger partial charge on any atom is -0.365 e. The summed E-state index contributed by atoms with van der Waals surface area (Å²) in [6, 6.07) is 9.02. The van der Waals surface area contributed by atoms with Crippen LogP contribution in [0.3, 0.4) is 0 Å². The number of thioether (sulfide) groups is 1. The second kappa shape index (κ2) is 7.00. The molecule has 1 aliphatic carbocycles. The molecule has 0 spiro atoms. The van der Waals surface area contributed by atoms with Gasteiger partial charge in [0.2, 0.25) is 5.91 Å². The first-order chi connectivity index (χ1) is 12.1. The Morgan fingerprint density at radius 1 is 1.32 bits per heavy atom. The van der Waals surface area contributed by atoms with Crippen LogP contribution < -0.4 is 9.80 Å². The number of para-hydroxylation sites is 1. The van der Waals surface area contributed by atoms with E-state index >= 15 is 0 Å². The molecule has 1 fully saturated rings. The van der Waals surface area contributed by atoms with Gasteiger partial charge in [-0.15, -0.1) is 23.1 Å². The van der Waals surface area contributed by atoms with Crippen molar-refractivity contribution in [3.8, 4) is 0 Å². The highest BCUT2D eigenvalue weighted by atomic mass is 32.2. The number of carbonyl (C=O) groups is 1. The number of anilines is 2. The number of hydrogen-bond acceptors (Lipinski definition) is 5. The molecule has 6 heteroatoms. The van der Waals surface area contributed by atoms with Gasteiger partial charge in [-0.1, -0.05) is 19.1 Å². The van der Waals surface area contributed by atoms with E-state index in [2.05, 4.69) is 41.5 Å². The monoisotopic (exact) mass is 373 g/mol. The topological polar surface area (TPSA) is 36.4 Å². The summed E-state index contributed by atoms with van der Waals surface area (Å²) < 4.78 is 0. The SMILES string of the molecule is CC(=O)N(c1nc(CN2CCC(C)Sc3ccccc32)cs1)C1CC1. The molecule has 2 aliphatic rings. The van der Waals surface area contributed by atoms with Crippen molar-refractivity contribution in [2.75, 3.05) is 16.3 Å². The van der Waals surface area contributed by atoms with Gasteiger partial charge in [0.1, 0.15) is 0 Å². The average Bonchev–Trinajstić information content (AvgIpc) is 3.32. The Labute approximate surface area is 157 Å². The van der Waals surface area contributed by atoms with E-state index in [-0.39, 0.29) is 5.91 Å². The van der Waals surface area contributed by atoms with Crippen LogP contribution >= 0.6 is 23.1 Å². The van der Waals surface area contributed by atoms with Crippen LogP contribution in [-0.2, 0) is 11.3 Å². The first kappa shape index (κ1) is 16.9. The van der Waals surface area contributed by atoms with Crippen molar-refractivity contribution in [2.24, 2.45) is 0 Å². The molecule has 1 aliphatic heterocycles. The number of hydrogen-bond donors (Lipinski definition) is 0. The van der Waals surface area contributed by atoms with Gasteiger partial charge in [-0.3, -0.25) is 9.69 Å². The lowest BCUT2D eigenvalue weighted by molar-refractivity contribution is -0.116. The fraction of sp³-hybridized carbons (Fsp3) is 0.474. The van der Waals surface area contributed by atoms with E-state index in [9.17, 15) is 4.79 Å². The van der Waals surface area contributed by atoms with Crippen molar-refractivity contribution in [2.45, 2.75) is 55.8 Å². The minimum absolute atomic E-state index is 0.105. The lowest BCUT2D eigenvalue weighted by Crippen LogP contribution is -2.30. The van der Waals surface area contributed by atoms with E-state index < -0.39 is 0 Å². The number of aromatic nitrogens is 1. The lowest BCUT2D eigenvalue weighted by Gasteiger charge is -2.23. The molecule has 2 heterocycles. The Kier molecular flexibility index (Phi) is 4.73. The summed E-state index contributed by atoms with van der Waals surface area (Å²) in [5.41, 5.74) is 2.36. The van der Waals surface area contributed by atoms with Crippen LogP contribution in [0.15, 0.2) is 34.5 Å². The third-order valence-electron chi connectivity index (χ3n) is 4.69. The number of fused-ring (bicyclic) bond motifs is 1. The molecule has 2 aromatic rings. The van der Waals surface area contributed by atoms with Gasteiger partial charge in [0.25, 0.3) is 0 Å². The molecule has 132 valence electrons. The third kappa shape index (κ3) is 3.70. The van der Waals surface area contributed by atoms with Gasteiger partial charge >= 0.3 is 0 Å². The zero-order valence-electron chi connectivity index (χ0n) is 14.6. The van der Waals surface area contributed by atoms with E-state index in [1.165, 1.54) is 10.6 Å². The summed E-state index contributed by atoms with van der Waals surface area (Å²) >= 11 is 3.55. The Morgan fingerprint density at radius 2 is 2.12 bits per heavy atom. The van der Waals surface area contributed by atoms with Crippen LogP contribution in [0.5, 0.6) is 0 Å². The highest BCUT2D eigenvalue weighted by molar-refractivity contribution is 8.00.